The molecular weight excluding hydrogens is 386 g/mol. The van der Waals surface area contributed by atoms with Crippen LogP contribution in [0.3, 0.4) is 0 Å². The molecule has 0 aliphatic carbocycles. The van der Waals surface area contributed by atoms with Crippen LogP contribution >= 0.6 is 12.2 Å². The lowest BCUT2D eigenvalue weighted by Gasteiger charge is -2.32. The van der Waals surface area contributed by atoms with Crippen LogP contribution in [0.1, 0.15) is 39.0 Å². The van der Waals surface area contributed by atoms with E-state index in [1.165, 1.54) is 19.4 Å². The molecule has 1 aliphatic heterocycles. The van der Waals surface area contributed by atoms with E-state index in [9.17, 15) is 4.79 Å². The van der Waals surface area contributed by atoms with Gasteiger partial charge in [0.1, 0.15) is 5.75 Å². The van der Waals surface area contributed by atoms with E-state index >= 15 is 0 Å². The number of hydrogen-bond donors (Lipinski definition) is 2. The van der Waals surface area contributed by atoms with E-state index in [1.807, 2.05) is 28.8 Å². The molecule has 158 valence electrons. The second-order valence-electron chi connectivity index (χ2n) is 7.52. The average molecular weight is 418 g/mol. The van der Waals surface area contributed by atoms with Crippen LogP contribution in [0.5, 0.6) is 5.75 Å². The number of amides is 1. The molecule has 29 heavy (non-hydrogen) atoms. The van der Waals surface area contributed by atoms with Gasteiger partial charge in [-0.15, -0.1) is 0 Å². The van der Waals surface area contributed by atoms with Crippen molar-refractivity contribution in [2.75, 3.05) is 26.7 Å². The molecule has 0 spiro atoms. The van der Waals surface area contributed by atoms with Crippen LogP contribution < -0.4 is 10.1 Å². The molecule has 1 aromatic carbocycles. The normalized spacial score (nSPS) is 15.4. The SMILES string of the molecule is CCCCN1CCC(NC(=O)CCn2c(-c3ccc(OC)cc3)n[nH]c2=S)CC1. The monoisotopic (exact) mass is 417 g/mol. The topological polar surface area (TPSA) is 75.2 Å². The van der Waals surface area contributed by atoms with Crippen LogP contribution in [0.15, 0.2) is 24.3 Å². The van der Waals surface area contributed by atoms with Gasteiger partial charge in [0.25, 0.3) is 0 Å². The minimum atomic E-state index is 0.0702. The van der Waals surface area contributed by atoms with Crippen LogP contribution in [0.4, 0.5) is 0 Å². The fourth-order valence-corrected chi connectivity index (χ4v) is 3.90. The van der Waals surface area contributed by atoms with Crippen molar-refractivity contribution in [3.8, 4) is 17.1 Å². The lowest BCUT2D eigenvalue weighted by Crippen LogP contribution is -2.45. The fourth-order valence-electron chi connectivity index (χ4n) is 3.68. The van der Waals surface area contributed by atoms with Crippen molar-refractivity contribution in [2.24, 2.45) is 0 Å². The van der Waals surface area contributed by atoms with Crippen molar-refractivity contribution in [3.05, 3.63) is 29.0 Å². The zero-order chi connectivity index (χ0) is 20.6. The summed E-state index contributed by atoms with van der Waals surface area (Å²) in [6, 6.07) is 7.92. The maximum Gasteiger partial charge on any atom is 0.222 e. The molecule has 0 atom stereocenters. The van der Waals surface area contributed by atoms with Gasteiger partial charge in [0.15, 0.2) is 10.6 Å². The molecule has 2 N–H and O–H groups in total. The van der Waals surface area contributed by atoms with Crippen LogP contribution in [-0.2, 0) is 11.3 Å². The Hall–Kier alpha value is -2.19. The third-order valence-electron chi connectivity index (χ3n) is 5.45. The molecule has 1 saturated heterocycles. The summed E-state index contributed by atoms with van der Waals surface area (Å²) in [7, 11) is 1.64. The Labute approximate surface area is 177 Å². The number of hydrogen-bond acceptors (Lipinski definition) is 5. The number of likely N-dealkylation sites (tertiary alicyclic amines) is 1. The zero-order valence-electron chi connectivity index (χ0n) is 17.3. The van der Waals surface area contributed by atoms with E-state index < -0.39 is 0 Å². The zero-order valence-corrected chi connectivity index (χ0v) is 18.1. The summed E-state index contributed by atoms with van der Waals surface area (Å²) in [5.41, 5.74) is 0.929. The third kappa shape index (κ3) is 5.90. The van der Waals surface area contributed by atoms with Gasteiger partial charge in [-0.1, -0.05) is 13.3 Å². The largest absolute Gasteiger partial charge is 0.497 e. The maximum absolute atomic E-state index is 12.5. The Morgan fingerprint density at radius 1 is 1.28 bits per heavy atom. The van der Waals surface area contributed by atoms with E-state index in [0.717, 1.165) is 43.1 Å². The molecule has 7 nitrogen and oxygen atoms in total. The molecule has 1 amide bonds. The Bertz CT molecular complexity index is 838. The number of nitrogens with zero attached hydrogens (tertiary/aromatic N) is 3. The summed E-state index contributed by atoms with van der Waals surface area (Å²) < 4.78 is 7.61. The Morgan fingerprint density at radius 2 is 2.00 bits per heavy atom. The molecule has 3 rings (SSSR count). The number of benzene rings is 1. The smallest absolute Gasteiger partial charge is 0.222 e. The number of piperidine rings is 1. The van der Waals surface area contributed by atoms with Gasteiger partial charge in [-0.05, 0) is 62.3 Å². The van der Waals surface area contributed by atoms with Gasteiger partial charge in [0.2, 0.25) is 5.91 Å². The number of carbonyl (C=O) groups is 1. The fraction of sp³-hybridized carbons (Fsp3) is 0.571. The summed E-state index contributed by atoms with van der Waals surface area (Å²) >= 11 is 5.37. The molecular formula is C21H31N5O2S. The number of nitrogens with one attached hydrogen (secondary N) is 2. The molecule has 0 bridgehead atoms. The summed E-state index contributed by atoms with van der Waals surface area (Å²) in [6.45, 7) is 6.03. The summed E-state index contributed by atoms with van der Waals surface area (Å²) in [4.78, 5) is 15.0. The summed E-state index contributed by atoms with van der Waals surface area (Å²) in [5.74, 6) is 1.59. The van der Waals surface area contributed by atoms with Gasteiger partial charge < -0.3 is 15.0 Å². The molecule has 1 aromatic heterocycles. The highest BCUT2D eigenvalue weighted by Crippen LogP contribution is 2.21. The first kappa shape index (κ1) is 21.5. The van der Waals surface area contributed by atoms with Crippen molar-refractivity contribution in [1.82, 2.24) is 25.0 Å². The van der Waals surface area contributed by atoms with Crippen molar-refractivity contribution < 1.29 is 9.53 Å². The van der Waals surface area contributed by atoms with Gasteiger partial charge in [-0.2, -0.15) is 5.10 Å². The quantitative estimate of drug-likeness (QED) is 0.612. The Kier molecular flexibility index (Phi) is 7.83. The number of unbranched alkanes of at least 4 members (excludes halogenated alkanes) is 1. The second kappa shape index (κ2) is 10.5. The standard InChI is InChI=1S/C21H31N5O2S/c1-3-4-12-25-13-9-17(10-14-25)22-19(27)11-15-26-20(23-24-21(26)29)16-5-7-18(28-2)8-6-16/h5-8,17H,3-4,9-15H2,1-2H3,(H,22,27)(H,24,29). The third-order valence-corrected chi connectivity index (χ3v) is 5.76. The number of aromatic amines is 1. The number of aromatic nitrogens is 3. The first-order chi connectivity index (χ1) is 14.1. The van der Waals surface area contributed by atoms with Gasteiger partial charge >= 0.3 is 0 Å². The predicted molar refractivity (Wildman–Crippen MR) is 117 cm³/mol. The molecule has 0 radical (unpaired) electrons. The Balaban J connectivity index is 1.52. The number of carbonyl (C=O) groups excluding carboxylic acids is 1. The highest BCUT2D eigenvalue weighted by Gasteiger charge is 2.20. The first-order valence-electron chi connectivity index (χ1n) is 10.4. The molecule has 8 heteroatoms. The molecule has 2 aromatic rings. The van der Waals surface area contributed by atoms with Crippen LogP contribution in [-0.4, -0.2) is 58.4 Å². The first-order valence-corrected chi connectivity index (χ1v) is 10.8. The molecule has 0 unspecified atom stereocenters. The Morgan fingerprint density at radius 3 is 2.66 bits per heavy atom. The highest BCUT2D eigenvalue weighted by atomic mass is 32.1. The number of H-pyrrole nitrogens is 1. The van der Waals surface area contributed by atoms with Crippen LogP contribution in [0.2, 0.25) is 0 Å². The lowest BCUT2D eigenvalue weighted by molar-refractivity contribution is -0.122. The van der Waals surface area contributed by atoms with E-state index in [-0.39, 0.29) is 11.9 Å². The molecule has 2 heterocycles. The number of ether oxygens (including phenoxy) is 1. The second-order valence-corrected chi connectivity index (χ2v) is 7.91. The van der Waals surface area contributed by atoms with Gasteiger partial charge in [-0.3, -0.25) is 14.5 Å². The van der Waals surface area contributed by atoms with E-state index in [4.69, 9.17) is 17.0 Å². The van der Waals surface area contributed by atoms with Crippen LogP contribution in [0.25, 0.3) is 11.4 Å². The van der Waals surface area contributed by atoms with Crippen molar-refractivity contribution in [3.63, 3.8) is 0 Å². The summed E-state index contributed by atoms with van der Waals surface area (Å²) in [5, 5.41) is 10.4. The highest BCUT2D eigenvalue weighted by molar-refractivity contribution is 7.71. The lowest BCUT2D eigenvalue weighted by atomic mass is 10.0. The molecule has 1 aliphatic rings. The average Bonchev–Trinajstić information content (AvgIpc) is 3.12. The van der Waals surface area contributed by atoms with Crippen molar-refractivity contribution in [2.45, 2.75) is 51.6 Å². The number of rotatable bonds is 9. The van der Waals surface area contributed by atoms with Crippen molar-refractivity contribution in [1.29, 1.82) is 0 Å². The van der Waals surface area contributed by atoms with E-state index in [2.05, 4.69) is 27.3 Å². The number of methoxy groups -OCH3 is 1. The minimum absolute atomic E-state index is 0.0702. The van der Waals surface area contributed by atoms with E-state index in [1.54, 1.807) is 7.11 Å². The maximum atomic E-state index is 12.5. The molecule has 1 fully saturated rings. The minimum Gasteiger partial charge on any atom is -0.497 e. The van der Waals surface area contributed by atoms with Gasteiger partial charge in [0.05, 0.1) is 7.11 Å². The van der Waals surface area contributed by atoms with Crippen molar-refractivity contribution >= 4 is 18.1 Å². The predicted octanol–water partition coefficient (Wildman–Crippen LogP) is 3.39. The molecule has 0 saturated carbocycles. The summed E-state index contributed by atoms with van der Waals surface area (Å²) in [6.07, 6.45) is 4.91. The van der Waals surface area contributed by atoms with Gasteiger partial charge in [0, 0.05) is 37.7 Å². The van der Waals surface area contributed by atoms with Crippen LogP contribution in [0, 0.1) is 4.77 Å². The van der Waals surface area contributed by atoms with E-state index in [0.29, 0.717) is 17.7 Å². The van der Waals surface area contributed by atoms with Gasteiger partial charge in [-0.25, -0.2) is 0 Å².